The summed E-state index contributed by atoms with van der Waals surface area (Å²) in [7, 11) is 0. The fraction of sp³-hybridized carbons (Fsp3) is 0.675. The van der Waals surface area contributed by atoms with Crippen molar-refractivity contribution in [3.63, 3.8) is 0 Å². The van der Waals surface area contributed by atoms with Crippen LogP contribution < -0.4 is 0 Å². The van der Waals surface area contributed by atoms with E-state index in [0.29, 0.717) is 19.3 Å². The minimum Gasteiger partial charge on any atom is -0.462 e. The number of unbranched alkanes of at least 4 members (excludes halogenated alkanes) is 29. The summed E-state index contributed by atoms with van der Waals surface area (Å²) in [5, 5.41) is 0. The van der Waals surface area contributed by atoms with Crippen LogP contribution in [0.1, 0.15) is 316 Å². The quantitative estimate of drug-likeness (QED) is 0.0261. The number of hydrogen-bond donors (Lipinski definition) is 0. The van der Waals surface area contributed by atoms with Crippen LogP contribution in [0.25, 0.3) is 0 Å². The summed E-state index contributed by atoms with van der Waals surface area (Å²) in [6.45, 7) is 6.38. The first kappa shape index (κ1) is 78.5. The van der Waals surface area contributed by atoms with Gasteiger partial charge in [-0.05, 0) is 135 Å². The van der Waals surface area contributed by atoms with Gasteiger partial charge in [0.25, 0.3) is 0 Å². The van der Waals surface area contributed by atoms with Crippen LogP contribution in [0.4, 0.5) is 0 Å². The number of esters is 3. The molecule has 472 valence electrons. The zero-order valence-electron chi connectivity index (χ0n) is 54.2. The molecule has 0 aliphatic heterocycles. The molecular weight excluding hydrogens is 1020 g/mol. The monoisotopic (exact) mass is 1150 g/mol. The molecule has 1 unspecified atom stereocenters. The zero-order chi connectivity index (χ0) is 59.9. The molecule has 6 heteroatoms. The second-order valence-corrected chi connectivity index (χ2v) is 22.7. The van der Waals surface area contributed by atoms with E-state index in [-0.39, 0.29) is 31.1 Å². The maximum absolute atomic E-state index is 13.0. The van der Waals surface area contributed by atoms with Gasteiger partial charge in [0.1, 0.15) is 13.2 Å². The summed E-state index contributed by atoms with van der Waals surface area (Å²) in [6, 6.07) is 0. The van der Waals surface area contributed by atoms with Crippen molar-refractivity contribution in [2.45, 2.75) is 322 Å². The van der Waals surface area contributed by atoms with E-state index in [2.05, 4.69) is 154 Å². The first-order chi connectivity index (χ1) is 41.0. The molecule has 0 saturated heterocycles. The van der Waals surface area contributed by atoms with Crippen LogP contribution in [-0.4, -0.2) is 37.2 Å². The molecule has 0 saturated carbocycles. The predicted octanol–water partition coefficient (Wildman–Crippen LogP) is 24.1. The lowest BCUT2D eigenvalue weighted by Gasteiger charge is -2.18. The van der Waals surface area contributed by atoms with Gasteiger partial charge in [0, 0.05) is 19.3 Å². The lowest BCUT2D eigenvalue weighted by atomic mass is 10.0. The molecule has 1 atom stereocenters. The van der Waals surface area contributed by atoms with Crippen molar-refractivity contribution >= 4 is 17.9 Å². The Kier molecular flexibility index (Phi) is 66.3. The SMILES string of the molecule is CC/C=C\C/C=C\C/C=C\C/C=C\C/C=C\CCCCCCCCCCCC(=O)OCC(COC(=O)CCCC/C=C\C/C=C\C/C=C\C/C=C\CC)OC(=O)CCCCCCCCCCCCCCC/C=C\C/C=C\CCCCCCC. The molecule has 6 nitrogen and oxygen atoms in total. The topological polar surface area (TPSA) is 78.9 Å². The van der Waals surface area contributed by atoms with E-state index in [4.69, 9.17) is 14.2 Å². The Labute approximate surface area is 513 Å². The number of hydrogen-bond acceptors (Lipinski definition) is 6. The second-order valence-electron chi connectivity index (χ2n) is 22.7. The summed E-state index contributed by atoms with van der Waals surface area (Å²) < 4.78 is 16.9. The Morgan fingerprint density at radius 2 is 0.470 bits per heavy atom. The van der Waals surface area contributed by atoms with E-state index in [1.165, 1.54) is 148 Å². The predicted molar refractivity (Wildman–Crippen MR) is 362 cm³/mol. The zero-order valence-corrected chi connectivity index (χ0v) is 54.2. The van der Waals surface area contributed by atoms with Gasteiger partial charge in [-0.25, -0.2) is 0 Å². The summed E-state index contributed by atoms with van der Waals surface area (Å²) in [5.41, 5.74) is 0. The molecule has 0 aliphatic rings. The van der Waals surface area contributed by atoms with Gasteiger partial charge in [0.15, 0.2) is 6.10 Å². The average molecular weight is 1150 g/mol. The minimum atomic E-state index is -0.805. The van der Waals surface area contributed by atoms with Crippen LogP contribution in [0.3, 0.4) is 0 Å². The molecule has 0 bridgehead atoms. The van der Waals surface area contributed by atoms with Crippen molar-refractivity contribution < 1.29 is 28.6 Å². The van der Waals surface area contributed by atoms with Crippen LogP contribution in [0.2, 0.25) is 0 Å². The van der Waals surface area contributed by atoms with Crippen molar-refractivity contribution in [1.82, 2.24) is 0 Å². The van der Waals surface area contributed by atoms with E-state index in [0.717, 1.165) is 128 Å². The van der Waals surface area contributed by atoms with Gasteiger partial charge in [0.05, 0.1) is 0 Å². The Morgan fingerprint density at radius 1 is 0.253 bits per heavy atom. The maximum Gasteiger partial charge on any atom is 0.306 e. The third-order valence-electron chi connectivity index (χ3n) is 14.6. The van der Waals surface area contributed by atoms with Crippen molar-refractivity contribution in [2.24, 2.45) is 0 Å². The Balaban J connectivity index is 4.38. The largest absolute Gasteiger partial charge is 0.462 e. The van der Waals surface area contributed by atoms with E-state index < -0.39 is 6.10 Å². The van der Waals surface area contributed by atoms with Gasteiger partial charge in [0.2, 0.25) is 0 Å². The molecule has 0 aliphatic carbocycles. The average Bonchev–Trinajstić information content (AvgIpc) is 3.49. The molecule has 0 spiro atoms. The van der Waals surface area contributed by atoms with Crippen LogP contribution in [0, 0.1) is 0 Å². The highest BCUT2D eigenvalue weighted by molar-refractivity contribution is 5.71. The van der Waals surface area contributed by atoms with Crippen LogP contribution in [0.15, 0.2) is 134 Å². The molecule has 0 amide bonds. The number of ether oxygens (including phenoxy) is 3. The number of rotatable bonds is 62. The van der Waals surface area contributed by atoms with Gasteiger partial charge < -0.3 is 14.2 Å². The lowest BCUT2D eigenvalue weighted by Crippen LogP contribution is -2.30. The number of carbonyl (C=O) groups is 3. The van der Waals surface area contributed by atoms with E-state index in [9.17, 15) is 14.4 Å². The first-order valence-corrected chi connectivity index (χ1v) is 34.7. The summed E-state index contributed by atoms with van der Waals surface area (Å²) in [5.74, 6) is -0.939. The maximum atomic E-state index is 13.0. The molecule has 0 aromatic heterocycles. The van der Waals surface area contributed by atoms with Crippen molar-refractivity contribution in [3.05, 3.63) is 134 Å². The van der Waals surface area contributed by atoms with Crippen LogP contribution in [-0.2, 0) is 28.6 Å². The van der Waals surface area contributed by atoms with Crippen molar-refractivity contribution in [1.29, 1.82) is 0 Å². The Morgan fingerprint density at radius 3 is 0.759 bits per heavy atom. The lowest BCUT2D eigenvalue weighted by molar-refractivity contribution is -0.167. The highest BCUT2D eigenvalue weighted by Gasteiger charge is 2.19. The van der Waals surface area contributed by atoms with E-state index in [1.807, 2.05) is 0 Å². The van der Waals surface area contributed by atoms with Crippen LogP contribution >= 0.6 is 0 Å². The standard InChI is InChI=1S/C77H128O6/c1-4-7-10-13-16-19-22-25-28-30-32-34-36-38-40-42-44-46-49-52-55-58-61-64-67-70-76(79)82-73-74(72-81-75(78)69-66-63-60-57-54-51-48-27-24-21-18-15-12-9-6-3)83-77(80)71-68-65-62-59-56-53-50-47-45-43-41-39-37-35-33-31-29-26-23-20-17-14-11-8-5-2/h7,9-10,12,16,18-19,21,23,25-28,31-34,38,40,48,54,57,74H,4-6,8,11,13-15,17,20,22,24,29-30,35-37,39,41-47,49-53,55-56,58-73H2,1-3H3/b10-7-,12-9-,19-16-,21-18-,26-23-,28-25-,33-31-,34-32-,40-38-,48-27-,57-54-. The van der Waals surface area contributed by atoms with Gasteiger partial charge in [-0.15, -0.1) is 0 Å². The molecule has 0 heterocycles. The van der Waals surface area contributed by atoms with E-state index in [1.54, 1.807) is 0 Å². The summed E-state index contributed by atoms with van der Waals surface area (Å²) in [6.07, 6.45) is 99.0. The Bertz CT molecular complexity index is 1750. The fourth-order valence-corrected chi connectivity index (χ4v) is 9.49. The molecule has 0 aromatic rings. The van der Waals surface area contributed by atoms with Gasteiger partial charge in [-0.1, -0.05) is 296 Å². The number of allylic oxidation sites excluding steroid dienone is 22. The summed E-state index contributed by atoms with van der Waals surface area (Å²) >= 11 is 0. The molecule has 0 N–H and O–H groups in total. The van der Waals surface area contributed by atoms with Crippen LogP contribution in [0.5, 0.6) is 0 Å². The molecule has 0 fully saturated rings. The van der Waals surface area contributed by atoms with Crippen molar-refractivity contribution in [2.75, 3.05) is 13.2 Å². The third kappa shape index (κ3) is 68.2. The normalized spacial score (nSPS) is 13.0. The number of carbonyl (C=O) groups excluding carboxylic acids is 3. The van der Waals surface area contributed by atoms with Gasteiger partial charge in [-0.2, -0.15) is 0 Å². The molecule has 83 heavy (non-hydrogen) atoms. The first-order valence-electron chi connectivity index (χ1n) is 34.7. The highest BCUT2D eigenvalue weighted by atomic mass is 16.6. The summed E-state index contributed by atoms with van der Waals surface area (Å²) in [4.78, 5) is 38.4. The van der Waals surface area contributed by atoms with Gasteiger partial charge in [-0.3, -0.25) is 14.4 Å². The van der Waals surface area contributed by atoms with Gasteiger partial charge >= 0.3 is 17.9 Å². The third-order valence-corrected chi connectivity index (χ3v) is 14.6. The fourth-order valence-electron chi connectivity index (χ4n) is 9.49. The molecule has 0 aromatic carbocycles. The second kappa shape index (κ2) is 70.0. The minimum absolute atomic E-state index is 0.0972. The molecule has 0 radical (unpaired) electrons. The molecule has 0 rings (SSSR count). The Hall–Kier alpha value is -4.45. The molecular formula is C77H128O6. The van der Waals surface area contributed by atoms with E-state index >= 15 is 0 Å². The van der Waals surface area contributed by atoms with Crippen molar-refractivity contribution in [3.8, 4) is 0 Å². The smallest absolute Gasteiger partial charge is 0.306 e. The highest BCUT2D eigenvalue weighted by Crippen LogP contribution is 2.16.